The molecule has 0 radical (unpaired) electrons. The largest absolute Gasteiger partial charge is 0.508 e. The van der Waals surface area contributed by atoms with E-state index in [9.17, 15) is 5.11 Å². The molecule has 0 aromatic heterocycles. The second kappa shape index (κ2) is 4.37. The number of phenols is 1. The van der Waals surface area contributed by atoms with Crippen molar-refractivity contribution in [3.8, 4) is 16.9 Å². The normalized spacial score (nSPS) is 10.4. The lowest BCUT2D eigenvalue weighted by Gasteiger charge is -2.10. The van der Waals surface area contributed by atoms with Gasteiger partial charge in [-0.25, -0.2) is 0 Å². The van der Waals surface area contributed by atoms with Crippen molar-refractivity contribution in [3.05, 3.63) is 53.6 Å². The zero-order valence-corrected chi connectivity index (χ0v) is 9.27. The molecule has 0 aliphatic heterocycles. The minimum absolute atomic E-state index is 0.288. The fourth-order valence-electron chi connectivity index (χ4n) is 1.86. The highest BCUT2D eigenvalue weighted by Crippen LogP contribution is 2.26. The molecule has 16 heavy (non-hydrogen) atoms. The van der Waals surface area contributed by atoms with E-state index in [1.54, 1.807) is 12.1 Å². The summed E-state index contributed by atoms with van der Waals surface area (Å²) >= 11 is 0. The third kappa shape index (κ3) is 1.92. The zero-order chi connectivity index (χ0) is 11.5. The first kappa shape index (κ1) is 10.7. The molecule has 2 heteroatoms. The molecule has 0 heterocycles. The van der Waals surface area contributed by atoms with Crippen molar-refractivity contribution in [2.75, 3.05) is 0 Å². The number of hydrogen-bond donors (Lipinski definition) is 2. The molecule has 0 saturated carbocycles. The molecule has 2 nitrogen and oxygen atoms in total. The Morgan fingerprint density at radius 3 is 2.38 bits per heavy atom. The van der Waals surface area contributed by atoms with E-state index in [1.165, 1.54) is 11.1 Å². The number of benzene rings is 2. The van der Waals surface area contributed by atoms with Gasteiger partial charge < -0.3 is 10.8 Å². The Labute approximate surface area is 95.4 Å². The summed E-state index contributed by atoms with van der Waals surface area (Å²) in [4.78, 5) is 0. The maximum absolute atomic E-state index is 9.25. The quantitative estimate of drug-likeness (QED) is 0.805. The molecular formula is C14H15NO. The van der Waals surface area contributed by atoms with Gasteiger partial charge in [0.25, 0.3) is 0 Å². The van der Waals surface area contributed by atoms with E-state index in [4.69, 9.17) is 5.73 Å². The van der Waals surface area contributed by atoms with Gasteiger partial charge >= 0.3 is 0 Å². The summed E-state index contributed by atoms with van der Waals surface area (Å²) in [6.45, 7) is 2.63. The van der Waals surface area contributed by atoms with E-state index in [0.29, 0.717) is 6.54 Å². The molecule has 82 valence electrons. The number of nitrogens with two attached hydrogens (primary N) is 1. The second-order valence-electron chi connectivity index (χ2n) is 3.84. The van der Waals surface area contributed by atoms with Gasteiger partial charge in [-0.3, -0.25) is 0 Å². The fraction of sp³-hybridized carbons (Fsp3) is 0.143. The lowest BCUT2D eigenvalue weighted by molar-refractivity contribution is 0.475. The molecule has 2 aromatic rings. The van der Waals surface area contributed by atoms with E-state index in [2.05, 4.69) is 13.0 Å². The average molecular weight is 213 g/mol. The van der Waals surface area contributed by atoms with Crippen LogP contribution in [0.15, 0.2) is 42.5 Å². The van der Waals surface area contributed by atoms with Gasteiger partial charge in [-0.15, -0.1) is 0 Å². The zero-order valence-electron chi connectivity index (χ0n) is 9.27. The third-order valence-electron chi connectivity index (χ3n) is 2.84. The number of rotatable bonds is 2. The van der Waals surface area contributed by atoms with Crippen molar-refractivity contribution in [3.63, 3.8) is 0 Å². The molecule has 2 aromatic carbocycles. The van der Waals surface area contributed by atoms with Gasteiger partial charge in [-0.1, -0.05) is 30.3 Å². The van der Waals surface area contributed by atoms with Gasteiger partial charge in [0.05, 0.1) is 0 Å². The summed E-state index contributed by atoms with van der Waals surface area (Å²) in [5.74, 6) is 0.288. The molecule has 0 saturated heterocycles. The smallest absolute Gasteiger partial charge is 0.115 e. The Morgan fingerprint density at radius 1 is 1.06 bits per heavy atom. The highest BCUT2D eigenvalue weighted by molar-refractivity contribution is 5.68. The van der Waals surface area contributed by atoms with Crippen LogP contribution in [-0.4, -0.2) is 5.11 Å². The first-order chi connectivity index (χ1) is 7.72. The Kier molecular flexibility index (Phi) is 2.93. The number of hydrogen-bond acceptors (Lipinski definition) is 2. The molecule has 0 bridgehead atoms. The van der Waals surface area contributed by atoms with Crippen LogP contribution in [0.5, 0.6) is 5.75 Å². The summed E-state index contributed by atoms with van der Waals surface area (Å²) in [6.07, 6.45) is 0. The molecular weight excluding hydrogens is 198 g/mol. The van der Waals surface area contributed by atoms with Crippen LogP contribution >= 0.6 is 0 Å². The van der Waals surface area contributed by atoms with Crippen LogP contribution in [0.3, 0.4) is 0 Å². The molecule has 0 fully saturated rings. The maximum Gasteiger partial charge on any atom is 0.115 e. The van der Waals surface area contributed by atoms with Crippen LogP contribution in [-0.2, 0) is 6.54 Å². The average Bonchev–Trinajstić information content (AvgIpc) is 2.31. The minimum Gasteiger partial charge on any atom is -0.508 e. The van der Waals surface area contributed by atoms with Gasteiger partial charge in [0.15, 0.2) is 0 Å². The van der Waals surface area contributed by atoms with Gasteiger partial charge in [-0.2, -0.15) is 0 Å². The van der Waals surface area contributed by atoms with E-state index in [-0.39, 0.29) is 5.75 Å². The van der Waals surface area contributed by atoms with E-state index < -0.39 is 0 Å². The predicted octanol–water partition coefficient (Wildman–Crippen LogP) is 2.83. The Balaban J connectivity index is 2.51. The van der Waals surface area contributed by atoms with Crippen molar-refractivity contribution in [2.24, 2.45) is 5.73 Å². The molecule has 0 spiro atoms. The van der Waals surface area contributed by atoms with Crippen molar-refractivity contribution in [1.82, 2.24) is 0 Å². The molecule has 0 aliphatic carbocycles. The first-order valence-corrected chi connectivity index (χ1v) is 5.30. The standard InChI is InChI=1S/C14H15NO/c1-10-12(9-15)3-2-4-14(10)11-5-7-13(16)8-6-11/h2-8,16H,9,15H2,1H3. The van der Waals surface area contributed by atoms with Crippen LogP contribution in [0.4, 0.5) is 0 Å². The summed E-state index contributed by atoms with van der Waals surface area (Å²) in [7, 11) is 0. The highest BCUT2D eigenvalue weighted by Gasteiger charge is 2.04. The van der Waals surface area contributed by atoms with E-state index in [0.717, 1.165) is 11.1 Å². The van der Waals surface area contributed by atoms with Gasteiger partial charge in [-0.05, 0) is 41.3 Å². The predicted molar refractivity (Wildman–Crippen MR) is 66.2 cm³/mol. The Hall–Kier alpha value is -1.80. The summed E-state index contributed by atoms with van der Waals surface area (Å²) in [6, 6.07) is 13.3. The van der Waals surface area contributed by atoms with Gasteiger partial charge in [0.1, 0.15) is 5.75 Å². The monoisotopic (exact) mass is 213 g/mol. The van der Waals surface area contributed by atoms with Gasteiger partial charge in [0.2, 0.25) is 0 Å². The lowest BCUT2D eigenvalue weighted by atomic mass is 9.96. The highest BCUT2D eigenvalue weighted by atomic mass is 16.3. The van der Waals surface area contributed by atoms with Crippen LogP contribution < -0.4 is 5.73 Å². The summed E-state index contributed by atoms with van der Waals surface area (Å²) < 4.78 is 0. The van der Waals surface area contributed by atoms with Crippen molar-refractivity contribution in [1.29, 1.82) is 0 Å². The van der Waals surface area contributed by atoms with Crippen molar-refractivity contribution < 1.29 is 5.11 Å². The van der Waals surface area contributed by atoms with Crippen LogP contribution in [0.2, 0.25) is 0 Å². The first-order valence-electron chi connectivity index (χ1n) is 5.30. The molecule has 0 aliphatic rings. The number of phenolic OH excluding ortho intramolecular Hbond substituents is 1. The van der Waals surface area contributed by atoms with Crippen molar-refractivity contribution in [2.45, 2.75) is 13.5 Å². The van der Waals surface area contributed by atoms with E-state index in [1.807, 2.05) is 24.3 Å². The van der Waals surface area contributed by atoms with Crippen molar-refractivity contribution >= 4 is 0 Å². The molecule has 0 unspecified atom stereocenters. The summed E-state index contributed by atoms with van der Waals surface area (Å²) in [5.41, 5.74) is 10.3. The SMILES string of the molecule is Cc1c(CN)cccc1-c1ccc(O)cc1. The Morgan fingerprint density at radius 2 is 1.75 bits per heavy atom. The maximum atomic E-state index is 9.25. The topological polar surface area (TPSA) is 46.2 Å². The minimum atomic E-state index is 0.288. The van der Waals surface area contributed by atoms with Gasteiger partial charge in [0, 0.05) is 6.54 Å². The van der Waals surface area contributed by atoms with Crippen LogP contribution in [0, 0.1) is 6.92 Å². The molecule has 0 atom stereocenters. The fourth-order valence-corrected chi connectivity index (χ4v) is 1.86. The second-order valence-corrected chi connectivity index (χ2v) is 3.84. The lowest BCUT2D eigenvalue weighted by Crippen LogP contribution is -1.99. The molecule has 2 rings (SSSR count). The molecule has 3 N–H and O–H groups in total. The van der Waals surface area contributed by atoms with E-state index >= 15 is 0 Å². The van der Waals surface area contributed by atoms with Crippen LogP contribution in [0.1, 0.15) is 11.1 Å². The Bertz CT molecular complexity index is 489. The number of aromatic hydroxyl groups is 1. The molecule has 0 amide bonds. The van der Waals surface area contributed by atoms with Crippen LogP contribution in [0.25, 0.3) is 11.1 Å². The third-order valence-corrected chi connectivity index (χ3v) is 2.84. The summed E-state index contributed by atoms with van der Waals surface area (Å²) in [5, 5.41) is 9.25.